The molecule has 1 aliphatic heterocycles. The minimum absolute atomic E-state index is 0.0595. The van der Waals surface area contributed by atoms with Crippen LogP contribution in [0.25, 0.3) is 0 Å². The molecule has 0 aromatic rings. The second kappa shape index (κ2) is 8.88. The topological polar surface area (TPSA) is 125 Å². The largest absolute Gasteiger partial charge is 0.479 e. The Hall–Kier alpha value is -2.58. The van der Waals surface area contributed by atoms with Gasteiger partial charge in [-0.1, -0.05) is 26.8 Å². The molecule has 3 unspecified atom stereocenters. The number of carbonyl (C=O) groups is 4. The van der Waals surface area contributed by atoms with Crippen molar-refractivity contribution in [2.24, 2.45) is 17.8 Å². The third kappa shape index (κ3) is 5.57. The quantitative estimate of drug-likeness (QED) is 0.523. The summed E-state index contributed by atoms with van der Waals surface area (Å²) < 4.78 is 5.28. The average molecular weight is 438 g/mol. The molecule has 2 rings (SSSR count). The molecular formula is C22H35N3O6. The summed E-state index contributed by atoms with van der Waals surface area (Å²) in [7, 11) is 0. The van der Waals surface area contributed by atoms with Gasteiger partial charge in [0.2, 0.25) is 11.8 Å². The lowest BCUT2D eigenvalue weighted by molar-refractivity contribution is -0.146. The molecule has 1 aliphatic carbocycles. The van der Waals surface area contributed by atoms with Gasteiger partial charge in [-0.05, 0) is 45.4 Å². The number of carbonyl (C=O) groups excluding carboxylic acids is 3. The first-order valence-corrected chi connectivity index (χ1v) is 10.7. The fourth-order valence-electron chi connectivity index (χ4n) is 3.98. The van der Waals surface area contributed by atoms with E-state index >= 15 is 0 Å². The molecule has 9 heteroatoms. The first-order chi connectivity index (χ1) is 14.2. The second-order valence-electron chi connectivity index (χ2n) is 10.0. The van der Waals surface area contributed by atoms with Crippen molar-refractivity contribution in [1.82, 2.24) is 15.5 Å². The van der Waals surface area contributed by atoms with E-state index in [4.69, 9.17) is 4.74 Å². The Labute approximate surface area is 183 Å². The lowest BCUT2D eigenvalue weighted by Crippen LogP contribution is -2.57. The summed E-state index contributed by atoms with van der Waals surface area (Å²) in [5.74, 6) is -2.51. The Morgan fingerprint density at radius 1 is 1.26 bits per heavy atom. The maximum atomic E-state index is 13.3. The van der Waals surface area contributed by atoms with E-state index in [-0.39, 0.29) is 30.1 Å². The van der Waals surface area contributed by atoms with Crippen molar-refractivity contribution in [3.8, 4) is 0 Å². The lowest BCUT2D eigenvalue weighted by atomic mass is 10.0. The predicted octanol–water partition coefficient (Wildman–Crippen LogP) is 1.92. The van der Waals surface area contributed by atoms with E-state index < -0.39 is 41.2 Å². The first kappa shape index (κ1) is 24.7. The molecule has 1 heterocycles. The normalized spacial score (nSPS) is 28.6. The molecule has 3 N–H and O–H groups in total. The van der Waals surface area contributed by atoms with Crippen LogP contribution in [0.2, 0.25) is 0 Å². The number of hydrogen-bond acceptors (Lipinski definition) is 5. The fourth-order valence-corrected chi connectivity index (χ4v) is 3.98. The van der Waals surface area contributed by atoms with Gasteiger partial charge in [0, 0.05) is 12.5 Å². The number of aliphatic carboxylic acids is 1. The second-order valence-corrected chi connectivity index (χ2v) is 10.0. The van der Waals surface area contributed by atoms with Gasteiger partial charge in [-0.15, -0.1) is 6.58 Å². The molecular weight excluding hydrogens is 402 g/mol. The third-order valence-electron chi connectivity index (χ3n) is 5.73. The van der Waals surface area contributed by atoms with E-state index in [1.165, 1.54) is 11.0 Å². The number of amides is 3. The van der Waals surface area contributed by atoms with Crippen molar-refractivity contribution in [3.63, 3.8) is 0 Å². The minimum atomic E-state index is -1.36. The summed E-state index contributed by atoms with van der Waals surface area (Å²) in [6.45, 7) is 14.7. The number of carboxylic acids is 1. The highest BCUT2D eigenvalue weighted by atomic mass is 16.6. The van der Waals surface area contributed by atoms with E-state index in [0.717, 1.165) is 0 Å². The molecule has 0 aromatic heterocycles. The van der Waals surface area contributed by atoms with Crippen LogP contribution < -0.4 is 10.6 Å². The number of alkyl carbamates (subject to hydrolysis) is 1. The maximum Gasteiger partial charge on any atom is 0.408 e. The van der Waals surface area contributed by atoms with Crippen LogP contribution in [-0.2, 0) is 19.1 Å². The molecule has 9 nitrogen and oxygen atoms in total. The molecule has 0 spiro atoms. The van der Waals surface area contributed by atoms with Crippen molar-refractivity contribution in [1.29, 1.82) is 0 Å². The summed E-state index contributed by atoms with van der Waals surface area (Å²) in [4.78, 5) is 51.8. The number of ether oxygens (including phenoxy) is 1. The Balaban J connectivity index is 2.16. The van der Waals surface area contributed by atoms with Gasteiger partial charge in [-0.2, -0.15) is 0 Å². The molecule has 2 fully saturated rings. The Kier molecular flexibility index (Phi) is 7.07. The predicted molar refractivity (Wildman–Crippen MR) is 114 cm³/mol. The van der Waals surface area contributed by atoms with Crippen LogP contribution in [-0.4, -0.2) is 63.7 Å². The van der Waals surface area contributed by atoms with Crippen LogP contribution >= 0.6 is 0 Å². The average Bonchev–Trinajstić information content (AvgIpc) is 3.21. The van der Waals surface area contributed by atoms with Gasteiger partial charge in [-0.25, -0.2) is 9.59 Å². The van der Waals surface area contributed by atoms with Crippen LogP contribution in [0.4, 0.5) is 4.79 Å². The highest BCUT2D eigenvalue weighted by Crippen LogP contribution is 2.45. The van der Waals surface area contributed by atoms with Crippen molar-refractivity contribution in [2.75, 3.05) is 6.54 Å². The lowest BCUT2D eigenvalue weighted by Gasteiger charge is -2.31. The summed E-state index contributed by atoms with van der Waals surface area (Å²) in [5, 5.41) is 14.8. The standard InChI is InChI=1S/C22H35N3O6/c1-8-14-10-22(14,19(28)29)24-17(26)15-9-13(4)11-25(15)18(27)16(12(2)3)23-20(30)31-21(5,6)7/h8,12-16H,1,9-11H2,2-7H3,(H,23,30)(H,24,26)(H,28,29)/t13?,14?,15-,16-,22?/m0/s1. The van der Waals surface area contributed by atoms with Crippen LogP contribution in [0.1, 0.15) is 54.4 Å². The molecule has 1 saturated carbocycles. The first-order valence-electron chi connectivity index (χ1n) is 10.7. The number of carboxylic acid groups (broad SMARTS) is 1. The molecule has 174 valence electrons. The zero-order valence-electron chi connectivity index (χ0n) is 19.2. The van der Waals surface area contributed by atoms with Crippen molar-refractivity contribution in [2.45, 2.75) is 77.6 Å². The van der Waals surface area contributed by atoms with Gasteiger partial charge in [0.25, 0.3) is 0 Å². The van der Waals surface area contributed by atoms with Gasteiger partial charge in [0.05, 0.1) is 0 Å². The van der Waals surface area contributed by atoms with Gasteiger partial charge < -0.3 is 25.4 Å². The number of rotatable bonds is 7. The van der Waals surface area contributed by atoms with E-state index in [1.54, 1.807) is 34.6 Å². The van der Waals surface area contributed by atoms with E-state index in [0.29, 0.717) is 13.0 Å². The molecule has 0 radical (unpaired) electrons. The molecule has 1 saturated heterocycles. The molecule has 3 amide bonds. The SMILES string of the molecule is C=CC1CC1(NC(=O)[C@@H]1CC(C)CN1C(=O)[C@@H](NC(=O)OC(C)(C)C)C(C)C)C(=O)O. The monoisotopic (exact) mass is 437 g/mol. The fraction of sp³-hybridized carbons (Fsp3) is 0.727. The number of hydrogen-bond donors (Lipinski definition) is 3. The molecule has 2 aliphatic rings. The Bertz CT molecular complexity index is 759. The molecule has 0 bridgehead atoms. The van der Waals surface area contributed by atoms with Gasteiger partial charge in [-0.3, -0.25) is 9.59 Å². The number of nitrogens with zero attached hydrogens (tertiary/aromatic N) is 1. The van der Waals surface area contributed by atoms with Gasteiger partial charge in [0.15, 0.2) is 0 Å². The summed E-state index contributed by atoms with van der Waals surface area (Å²) >= 11 is 0. The molecule has 0 aromatic carbocycles. The highest BCUT2D eigenvalue weighted by Gasteiger charge is 2.61. The van der Waals surface area contributed by atoms with Crippen LogP contribution in [0.15, 0.2) is 12.7 Å². The van der Waals surface area contributed by atoms with Crippen LogP contribution in [0, 0.1) is 17.8 Å². The van der Waals surface area contributed by atoms with Gasteiger partial charge >= 0.3 is 12.1 Å². The summed E-state index contributed by atoms with van der Waals surface area (Å²) in [6, 6.07) is -1.67. The highest BCUT2D eigenvalue weighted by molar-refractivity contribution is 5.96. The molecule has 31 heavy (non-hydrogen) atoms. The van der Waals surface area contributed by atoms with Crippen LogP contribution in [0.3, 0.4) is 0 Å². The Morgan fingerprint density at radius 3 is 2.32 bits per heavy atom. The zero-order valence-corrected chi connectivity index (χ0v) is 19.2. The smallest absolute Gasteiger partial charge is 0.408 e. The minimum Gasteiger partial charge on any atom is -0.479 e. The number of likely N-dealkylation sites (tertiary alicyclic amines) is 1. The maximum absolute atomic E-state index is 13.3. The Morgan fingerprint density at radius 2 is 1.87 bits per heavy atom. The van der Waals surface area contributed by atoms with E-state index in [1.807, 2.05) is 6.92 Å². The van der Waals surface area contributed by atoms with E-state index in [2.05, 4.69) is 17.2 Å². The summed E-state index contributed by atoms with van der Waals surface area (Å²) in [5.41, 5.74) is -2.07. The van der Waals surface area contributed by atoms with Crippen molar-refractivity contribution in [3.05, 3.63) is 12.7 Å². The molecule has 5 atom stereocenters. The number of nitrogens with one attached hydrogen (secondary N) is 2. The van der Waals surface area contributed by atoms with Crippen molar-refractivity contribution < 1.29 is 29.0 Å². The van der Waals surface area contributed by atoms with Crippen molar-refractivity contribution >= 4 is 23.9 Å². The van der Waals surface area contributed by atoms with Crippen LogP contribution in [0.5, 0.6) is 0 Å². The van der Waals surface area contributed by atoms with E-state index in [9.17, 15) is 24.3 Å². The zero-order chi connectivity index (χ0) is 23.7. The van der Waals surface area contributed by atoms with Gasteiger partial charge in [0.1, 0.15) is 23.2 Å². The third-order valence-corrected chi connectivity index (χ3v) is 5.73. The summed E-state index contributed by atoms with van der Waals surface area (Å²) in [6.07, 6.45) is 1.52.